The van der Waals surface area contributed by atoms with Gasteiger partial charge in [-0.2, -0.15) is 5.10 Å². The molecule has 0 aliphatic carbocycles. The maximum absolute atomic E-state index is 4.99. The first-order valence-electron chi connectivity index (χ1n) is 9.26. The van der Waals surface area contributed by atoms with Gasteiger partial charge in [0.05, 0.1) is 22.3 Å². The van der Waals surface area contributed by atoms with E-state index in [9.17, 15) is 0 Å². The lowest BCUT2D eigenvalue weighted by Crippen LogP contribution is -2.18. The summed E-state index contributed by atoms with van der Waals surface area (Å²) in [5.41, 5.74) is 5.81. The van der Waals surface area contributed by atoms with Gasteiger partial charge in [-0.3, -0.25) is 0 Å². The largest absolute Gasteiger partial charge is 0.231 e. The van der Waals surface area contributed by atoms with Crippen molar-refractivity contribution in [1.29, 1.82) is 0 Å². The molecular weight excluding hydrogens is 382 g/mol. The van der Waals surface area contributed by atoms with E-state index in [1.54, 1.807) is 22.7 Å². The van der Waals surface area contributed by atoms with Gasteiger partial charge in [0.2, 0.25) is 5.13 Å². The average molecular weight is 402 g/mol. The maximum Gasteiger partial charge on any atom is 0.207 e. The molecule has 0 fully saturated rings. The normalized spacial score (nSPS) is 16.4. The van der Waals surface area contributed by atoms with E-state index in [0.717, 1.165) is 28.5 Å². The second kappa shape index (κ2) is 7.34. The van der Waals surface area contributed by atoms with E-state index in [1.165, 1.54) is 16.0 Å². The summed E-state index contributed by atoms with van der Waals surface area (Å²) in [6, 6.07) is 23.5. The van der Waals surface area contributed by atoms with Crippen LogP contribution in [0.5, 0.6) is 0 Å². The third-order valence-electron chi connectivity index (χ3n) is 4.94. The lowest BCUT2D eigenvalue weighted by atomic mass is 10.0. The quantitative estimate of drug-likeness (QED) is 0.389. The number of hydrazone groups is 1. The van der Waals surface area contributed by atoms with Crippen molar-refractivity contribution in [2.75, 3.05) is 5.01 Å². The van der Waals surface area contributed by atoms with Crippen molar-refractivity contribution in [3.05, 3.63) is 93.5 Å². The number of benzene rings is 2. The summed E-state index contributed by atoms with van der Waals surface area (Å²) in [6.45, 7) is 2.10. The van der Waals surface area contributed by atoms with Crippen LogP contribution in [0.3, 0.4) is 0 Å². The van der Waals surface area contributed by atoms with Crippen molar-refractivity contribution in [3.8, 4) is 11.3 Å². The van der Waals surface area contributed by atoms with Gasteiger partial charge in [0.25, 0.3) is 0 Å². The maximum atomic E-state index is 4.99. The number of hydrogen-bond acceptors (Lipinski definition) is 5. The predicted molar refractivity (Wildman–Crippen MR) is 119 cm³/mol. The number of anilines is 1. The van der Waals surface area contributed by atoms with Gasteiger partial charge in [-0.1, -0.05) is 66.2 Å². The lowest BCUT2D eigenvalue weighted by Gasteiger charge is -2.21. The summed E-state index contributed by atoms with van der Waals surface area (Å²) < 4.78 is 0. The highest BCUT2D eigenvalue weighted by Gasteiger charge is 2.32. The molecule has 1 aliphatic heterocycles. The molecule has 2 aromatic heterocycles. The Hall–Kier alpha value is -2.76. The summed E-state index contributed by atoms with van der Waals surface area (Å²) >= 11 is 3.40. The molecule has 0 bridgehead atoms. The molecule has 3 heterocycles. The number of thiazole rings is 1. The molecule has 4 aromatic rings. The Bertz CT molecular complexity index is 1100. The molecule has 0 unspecified atom stereocenters. The average Bonchev–Trinajstić information content (AvgIpc) is 3.48. The Morgan fingerprint density at radius 1 is 0.929 bits per heavy atom. The van der Waals surface area contributed by atoms with Crippen LogP contribution in [0.2, 0.25) is 0 Å². The van der Waals surface area contributed by atoms with Crippen LogP contribution < -0.4 is 5.01 Å². The molecule has 0 radical (unpaired) electrons. The number of nitrogens with zero attached hydrogens (tertiary/aromatic N) is 3. The van der Waals surface area contributed by atoms with Crippen LogP contribution in [-0.2, 0) is 0 Å². The lowest BCUT2D eigenvalue weighted by molar-refractivity contribution is 0.706. The van der Waals surface area contributed by atoms with Crippen LogP contribution in [0.1, 0.15) is 28.5 Å². The number of aryl methyl sites for hydroxylation is 1. The monoisotopic (exact) mass is 401 g/mol. The second-order valence-corrected chi connectivity index (χ2v) is 8.66. The number of hydrogen-bond donors (Lipinski definition) is 0. The van der Waals surface area contributed by atoms with Gasteiger partial charge in [-0.15, -0.1) is 22.7 Å². The third kappa shape index (κ3) is 3.28. The number of rotatable bonds is 4. The number of aromatic nitrogens is 1. The molecule has 2 aromatic carbocycles. The van der Waals surface area contributed by atoms with Crippen molar-refractivity contribution in [2.24, 2.45) is 5.10 Å². The zero-order valence-corrected chi connectivity index (χ0v) is 17.1. The van der Waals surface area contributed by atoms with E-state index in [2.05, 4.69) is 89.4 Å². The molecule has 138 valence electrons. The Balaban J connectivity index is 1.52. The predicted octanol–water partition coefficient (Wildman–Crippen LogP) is 6.54. The second-order valence-electron chi connectivity index (χ2n) is 6.88. The Morgan fingerprint density at radius 3 is 2.50 bits per heavy atom. The van der Waals surface area contributed by atoms with Crippen LogP contribution in [0.4, 0.5) is 5.13 Å². The van der Waals surface area contributed by atoms with Crippen molar-refractivity contribution in [1.82, 2.24) is 4.98 Å². The van der Waals surface area contributed by atoms with E-state index in [-0.39, 0.29) is 6.04 Å². The first-order valence-corrected chi connectivity index (χ1v) is 11.0. The van der Waals surface area contributed by atoms with E-state index in [4.69, 9.17) is 10.1 Å². The van der Waals surface area contributed by atoms with Gasteiger partial charge in [0.15, 0.2) is 0 Å². The van der Waals surface area contributed by atoms with Gasteiger partial charge in [0, 0.05) is 17.4 Å². The molecular formula is C23H19N3S2. The molecule has 1 aliphatic rings. The fraction of sp³-hybridized carbons (Fsp3) is 0.130. The summed E-state index contributed by atoms with van der Waals surface area (Å²) in [5, 5.41) is 12.3. The standard InChI is InChI=1S/C23H19N3S2/c1-16-9-11-17(12-10-16)20-15-28-23(24-20)26-21(18-6-3-2-4-7-18)14-19(25-26)22-8-5-13-27-22/h2-13,15,21H,14H2,1H3/t21-/m0/s1. The van der Waals surface area contributed by atoms with Gasteiger partial charge >= 0.3 is 0 Å². The summed E-state index contributed by atoms with van der Waals surface area (Å²) in [5.74, 6) is 0. The highest BCUT2D eigenvalue weighted by atomic mass is 32.1. The van der Waals surface area contributed by atoms with E-state index in [0.29, 0.717) is 0 Å². The van der Waals surface area contributed by atoms with E-state index < -0.39 is 0 Å². The SMILES string of the molecule is Cc1ccc(-c2csc(N3N=C(c4cccs4)C[C@H]3c3ccccc3)n2)cc1. The topological polar surface area (TPSA) is 28.5 Å². The van der Waals surface area contributed by atoms with Gasteiger partial charge in [-0.05, 0) is 23.9 Å². The molecule has 0 saturated carbocycles. The van der Waals surface area contributed by atoms with Crippen LogP contribution in [0.15, 0.2) is 82.6 Å². The molecule has 3 nitrogen and oxygen atoms in total. The van der Waals surface area contributed by atoms with E-state index in [1.807, 2.05) is 0 Å². The third-order valence-corrected chi connectivity index (χ3v) is 6.68. The minimum atomic E-state index is 0.176. The van der Waals surface area contributed by atoms with Gasteiger partial charge in [0.1, 0.15) is 0 Å². The minimum Gasteiger partial charge on any atom is -0.231 e. The molecule has 0 spiro atoms. The van der Waals surface area contributed by atoms with E-state index >= 15 is 0 Å². The molecule has 28 heavy (non-hydrogen) atoms. The van der Waals surface area contributed by atoms with Gasteiger partial charge in [-0.25, -0.2) is 9.99 Å². The fourth-order valence-electron chi connectivity index (χ4n) is 3.44. The summed E-state index contributed by atoms with van der Waals surface area (Å²) in [4.78, 5) is 6.16. The van der Waals surface area contributed by atoms with Crippen LogP contribution in [0, 0.1) is 6.92 Å². The first kappa shape index (κ1) is 17.3. The molecule has 0 saturated heterocycles. The highest BCUT2D eigenvalue weighted by molar-refractivity contribution is 7.14. The van der Waals surface area contributed by atoms with Crippen LogP contribution in [-0.4, -0.2) is 10.7 Å². The number of thiophene rings is 1. The van der Waals surface area contributed by atoms with Crippen molar-refractivity contribution >= 4 is 33.5 Å². The summed E-state index contributed by atoms with van der Waals surface area (Å²) in [6.07, 6.45) is 0.893. The summed E-state index contributed by atoms with van der Waals surface area (Å²) in [7, 11) is 0. The van der Waals surface area contributed by atoms with Crippen molar-refractivity contribution < 1.29 is 0 Å². The van der Waals surface area contributed by atoms with Crippen molar-refractivity contribution in [2.45, 2.75) is 19.4 Å². The first-order chi connectivity index (χ1) is 13.8. The molecule has 5 rings (SSSR count). The molecule has 5 heteroatoms. The molecule has 1 atom stereocenters. The zero-order valence-electron chi connectivity index (χ0n) is 15.4. The Morgan fingerprint density at radius 2 is 1.75 bits per heavy atom. The minimum absolute atomic E-state index is 0.176. The van der Waals surface area contributed by atoms with Crippen molar-refractivity contribution in [3.63, 3.8) is 0 Å². The Kier molecular flexibility index (Phi) is 4.55. The van der Waals surface area contributed by atoms with Crippen LogP contribution >= 0.6 is 22.7 Å². The highest BCUT2D eigenvalue weighted by Crippen LogP contribution is 2.39. The molecule has 0 amide bonds. The Labute approximate surface area is 172 Å². The van der Waals surface area contributed by atoms with Gasteiger partial charge < -0.3 is 0 Å². The van der Waals surface area contributed by atoms with Crippen LogP contribution in [0.25, 0.3) is 11.3 Å². The zero-order chi connectivity index (χ0) is 18.9. The smallest absolute Gasteiger partial charge is 0.207 e. The molecule has 0 N–H and O–H groups in total. The fourth-order valence-corrected chi connectivity index (χ4v) is 4.99.